The third kappa shape index (κ3) is 3.62. The summed E-state index contributed by atoms with van der Waals surface area (Å²) in [6.45, 7) is 13.0. The van der Waals surface area contributed by atoms with Crippen molar-refractivity contribution in [1.82, 2.24) is 10.2 Å². The molecule has 0 aromatic carbocycles. The van der Waals surface area contributed by atoms with Crippen LogP contribution < -0.4 is 5.32 Å². The van der Waals surface area contributed by atoms with Crippen molar-refractivity contribution in [3.63, 3.8) is 0 Å². The number of carbonyl (C=O) groups excluding carboxylic acids is 1. The Morgan fingerprint density at radius 1 is 1.37 bits per heavy atom. The summed E-state index contributed by atoms with van der Waals surface area (Å²) in [6, 6.07) is 0.656. The molecule has 1 saturated heterocycles. The van der Waals surface area contributed by atoms with Gasteiger partial charge in [0.1, 0.15) is 5.60 Å². The molecule has 1 aliphatic carbocycles. The van der Waals surface area contributed by atoms with Crippen LogP contribution >= 0.6 is 0 Å². The van der Waals surface area contributed by atoms with E-state index in [0.717, 1.165) is 19.6 Å². The highest BCUT2D eigenvalue weighted by molar-refractivity contribution is 5.69. The highest BCUT2D eigenvalue weighted by Gasteiger charge is 2.54. The van der Waals surface area contributed by atoms with Gasteiger partial charge < -0.3 is 15.0 Å². The molecule has 2 aliphatic rings. The van der Waals surface area contributed by atoms with Gasteiger partial charge in [-0.2, -0.15) is 0 Å². The van der Waals surface area contributed by atoms with Crippen molar-refractivity contribution in [2.75, 3.05) is 19.6 Å². The normalized spacial score (nSPS) is 22.3. The Labute approximate surface area is 116 Å². The lowest BCUT2D eigenvalue weighted by Crippen LogP contribution is -2.67. The molecule has 1 saturated carbocycles. The summed E-state index contributed by atoms with van der Waals surface area (Å²) in [6.07, 6.45) is 2.26. The number of likely N-dealkylation sites (tertiary alicyclic amines) is 1. The van der Waals surface area contributed by atoms with Crippen molar-refractivity contribution in [3.05, 3.63) is 0 Å². The zero-order chi connectivity index (χ0) is 14.3. The molecule has 2 fully saturated rings. The molecule has 1 spiro atoms. The van der Waals surface area contributed by atoms with Gasteiger partial charge in [0.05, 0.1) is 0 Å². The van der Waals surface area contributed by atoms with E-state index in [-0.39, 0.29) is 11.7 Å². The van der Waals surface area contributed by atoms with E-state index < -0.39 is 0 Å². The van der Waals surface area contributed by atoms with Crippen LogP contribution in [0.3, 0.4) is 0 Å². The number of nitrogens with zero attached hydrogens (tertiary/aromatic N) is 1. The van der Waals surface area contributed by atoms with Crippen LogP contribution in [-0.2, 0) is 4.74 Å². The van der Waals surface area contributed by atoms with Crippen LogP contribution in [-0.4, -0.2) is 42.3 Å². The monoisotopic (exact) mass is 268 g/mol. The van der Waals surface area contributed by atoms with Gasteiger partial charge in [-0.1, -0.05) is 13.8 Å². The Hall–Kier alpha value is -0.770. The summed E-state index contributed by atoms with van der Waals surface area (Å²) in [5.41, 5.74) is 0.00631. The summed E-state index contributed by atoms with van der Waals surface area (Å²) < 4.78 is 5.38. The quantitative estimate of drug-likeness (QED) is 0.855. The second-order valence-electron chi connectivity index (χ2n) is 7.74. The van der Waals surface area contributed by atoms with Crippen LogP contribution in [0.2, 0.25) is 0 Å². The number of ether oxygens (including phenoxy) is 1. The Morgan fingerprint density at radius 2 is 1.95 bits per heavy atom. The fourth-order valence-corrected chi connectivity index (χ4v) is 3.01. The van der Waals surface area contributed by atoms with Gasteiger partial charge in [-0.25, -0.2) is 4.79 Å². The molecule has 0 atom stereocenters. The number of hydrogen-bond acceptors (Lipinski definition) is 3. The minimum Gasteiger partial charge on any atom is -0.444 e. The molecular weight excluding hydrogens is 240 g/mol. The van der Waals surface area contributed by atoms with Gasteiger partial charge in [-0.3, -0.25) is 0 Å². The van der Waals surface area contributed by atoms with Crippen LogP contribution in [0.4, 0.5) is 4.79 Å². The van der Waals surface area contributed by atoms with E-state index in [2.05, 4.69) is 19.2 Å². The highest BCUT2D eigenvalue weighted by Crippen LogP contribution is 2.48. The first-order valence-electron chi connectivity index (χ1n) is 7.40. The largest absolute Gasteiger partial charge is 0.444 e. The molecule has 110 valence electrons. The van der Waals surface area contributed by atoms with Gasteiger partial charge in [0.15, 0.2) is 0 Å². The Balaban J connectivity index is 1.66. The molecule has 0 bridgehead atoms. The van der Waals surface area contributed by atoms with Gasteiger partial charge in [0.2, 0.25) is 0 Å². The maximum absolute atomic E-state index is 11.9. The standard InChI is InChI=1S/C15H28N2O2/c1-11(2)8-16-12-6-15(7-12)9-17(10-15)13(18)19-14(3,4)5/h11-12,16H,6-10H2,1-5H3. The van der Waals surface area contributed by atoms with Crippen LogP contribution in [0.25, 0.3) is 0 Å². The highest BCUT2D eigenvalue weighted by atomic mass is 16.6. The molecule has 0 unspecified atom stereocenters. The molecule has 0 aromatic rings. The van der Waals surface area contributed by atoms with Crippen LogP contribution in [0.5, 0.6) is 0 Å². The average molecular weight is 268 g/mol. The summed E-state index contributed by atoms with van der Waals surface area (Å²) >= 11 is 0. The fraction of sp³-hybridized carbons (Fsp3) is 0.933. The van der Waals surface area contributed by atoms with Crippen molar-refractivity contribution < 1.29 is 9.53 Å². The second kappa shape index (κ2) is 4.97. The lowest BCUT2D eigenvalue weighted by molar-refractivity contribution is -0.0830. The van der Waals surface area contributed by atoms with Crippen molar-refractivity contribution in [2.45, 2.75) is 59.1 Å². The van der Waals surface area contributed by atoms with Crippen molar-refractivity contribution in [2.24, 2.45) is 11.3 Å². The average Bonchev–Trinajstić information content (AvgIpc) is 2.08. The van der Waals surface area contributed by atoms with E-state index >= 15 is 0 Å². The molecule has 4 heteroatoms. The van der Waals surface area contributed by atoms with E-state index in [4.69, 9.17) is 4.74 Å². The fourth-order valence-electron chi connectivity index (χ4n) is 3.01. The zero-order valence-electron chi connectivity index (χ0n) is 13.0. The lowest BCUT2D eigenvalue weighted by Gasteiger charge is -2.58. The topological polar surface area (TPSA) is 41.6 Å². The van der Waals surface area contributed by atoms with Gasteiger partial charge in [-0.05, 0) is 46.1 Å². The van der Waals surface area contributed by atoms with E-state index in [1.807, 2.05) is 25.7 Å². The summed E-state index contributed by atoms with van der Waals surface area (Å²) in [5, 5.41) is 3.59. The van der Waals surface area contributed by atoms with Crippen molar-refractivity contribution in [3.8, 4) is 0 Å². The van der Waals surface area contributed by atoms with E-state index in [0.29, 0.717) is 17.4 Å². The third-order valence-electron chi connectivity index (χ3n) is 3.88. The third-order valence-corrected chi connectivity index (χ3v) is 3.88. The van der Waals surface area contributed by atoms with Crippen LogP contribution in [0, 0.1) is 11.3 Å². The maximum Gasteiger partial charge on any atom is 0.410 e. The lowest BCUT2D eigenvalue weighted by atomic mass is 9.61. The minimum atomic E-state index is -0.388. The molecule has 4 nitrogen and oxygen atoms in total. The maximum atomic E-state index is 11.9. The first-order valence-corrected chi connectivity index (χ1v) is 7.40. The zero-order valence-corrected chi connectivity index (χ0v) is 13.0. The predicted octanol–water partition coefficient (Wildman–Crippen LogP) is 2.63. The van der Waals surface area contributed by atoms with Crippen LogP contribution in [0.15, 0.2) is 0 Å². The molecule has 2 rings (SSSR count). The molecular formula is C15H28N2O2. The summed E-state index contributed by atoms with van der Waals surface area (Å²) in [7, 11) is 0. The number of hydrogen-bond donors (Lipinski definition) is 1. The number of nitrogens with one attached hydrogen (secondary N) is 1. The molecule has 0 radical (unpaired) electrons. The van der Waals surface area contributed by atoms with Gasteiger partial charge in [0, 0.05) is 24.5 Å². The molecule has 1 heterocycles. The van der Waals surface area contributed by atoms with E-state index in [9.17, 15) is 4.79 Å². The van der Waals surface area contributed by atoms with Gasteiger partial charge >= 0.3 is 6.09 Å². The number of rotatable bonds is 3. The Kier molecular flexibility index (Phi) is 3.83. The molecule has 1 amide bonds. The first-order chi connectivity index (χ1) is 8.69. The SMILES string of the molecule is CC(C)CNC1CC2(C1)CN(C(=O)OC(C)(C)C)C2. The minimum absolute atomic E-state index is 0.156. The summed E-state index contributed by atoms with van der Waals surface area (Å²) in [4.78, 5) is 13.7. The van der Waals surface area contributed by atoms with Gasteiger partial charge in [0.25, 0.3) is 0 Å². The van der Waals surface area contributed by atoms with Crippen molar-refractivity contribution in [1.29, 1.82) is 0 Å². The molecule has 19 heavy (non-hydrogen) atoms. The number of amides is 1. The van der Waals surface area contributed by atoms with Gasteiger partial charge in [-0.15, -0.1) is 0 Å². The Bertz CT molecular complexity index is 333. The predicted molar refractivity (Wildman–Crippen MR) is 76.1 cm³/mol. The van der Waals surface area contributed by atoms with E-state index in [1.54, 1.807) is 0 Å². The molecule has 1 N–H and O–H groups in total. The van der Waals surface area contributed by atoms with E-state index in [1.165, 1.54) is 12.8 Å². The molecule has 0 aromatic heterocycles. The number of carbonyl (C=O) groups is 1. The summed E-state index contributed by atoms with van der Waals surface area (Å²) in [5.74, 6) is 0.705. The smallest absolute Gasteiger partial charge is 0.410 e. The molecule has 1 aliphatic heterocycles. The Morgan fingerprint density at radius 3 is 2.42 bits per heavy atom. The first kappa shape index (κ1) is 14.6. The van der Waals surface area contributed by atoms with Crippen LogP contribution in [0.1, 0.15) is 47.5 Å². The van der Waals surface area contributed by atoms with Crippen molar-refractivity contribution >= 4 is 6.09 Å². The second-order valence-corrected chi connectivity index (χ2v) is 7.74.